The van der Waals surface area contributed by atoms with E-state index in [1.54, 1.807) is 37.3 Å². The van der Waals surface area contributed by atoms with E-state index in [-0.39, 0.29) is 56.6 Å². The second-order valence-corrected chi connectivity index (χ2v) is 12.7. The maximum absolute atomic E-state index is 13.7. The summed E-state index contributed by atoms with van der Waals surface area (Å²) in [5.41, 5.74) is 22.6. The molecule has 0 fully saturated rings. The molecule has 0 aliphatic carbocycles. The molecule has 17 nitrogen and oxygen atoms in total. The molecule has 6 amide bonds. The number of guanidine groups is 1. The molecule has 0 saturated heterocycles. The number of benzene rings is 1. The standard InChI is InChI=1S/C33H56N10O7/c1-5-20(4)26(30(47)42-25(31(48)49)18-21-11-7-6-8-12-21)43-29(46)24(17-19(2)3)41-28(45)23(14-10-15-38-32(35)36)40-27(44)22(34)13-9-16-39-33(37)50/h6-8,11-12,19-20,22-26H,5,9-10,13-18,34H2,1-4H3,(H,40,44)(H,41,45)(H,42,47)(H,43,46)(H,48,49)(H4,35,36,38)(H3,37,39,50)/t20-,22-,23-,24-,25-,26-/m0/s1. The number of primary amides is 1. The predicted octanol–water partition coefficient (Wildman–Crippen LogP) is -0.826. The monoisotopic (exact) mass is 704 g/mol. The van der Waals surface area contributed by atoms with Gasteiger partial charge >= 0.3 is 12.0 Å². The van der Waals surface area contributed by atoms with Crippen LogP contribution in [-0.4, -0.2) is 90.0 Å². The molecule has 0 aliphatic rings. The summed E-state index contributed by atoms with van der Waals surface area (Å²) in [6.07, 6.45) is 1.69. The van der Waals surface area contributed by atoms with Crippen LogP contribution in [0, 0.1) is 11.8 Å². The fourth-order valence-electron chi connectivity index (χ4n) is 4.96. The van der Waals surface area contributed by atoms with Crippen LogP contribution in [0.1, 0.15) is 71.8 Å². The highest BCUT2D eigenvalue weighted by atomic mass is 16.4. The molecular formula is C33H56N10O7. The number of carbonyl (C=O) groups excluding carboxylic acids is 5. The van der Waals surface area contributed by atoms with Crippen molar-refractivity contribution in [2.24, 2.45) is 39.8 Å². The van der Waals surface area contributed by atoms with Gasteiger partial charge in [-0.05, 0) is 49.5 Å². The van der Waals surface area contributed by atoms with Gasteiger partial charge in [0.15, 0.2) is 5.96 Å². The second-order valence-electron chi connectivity index (χ2n) is 12.7. The normalized spacial score (nSPS) is 14.5. The number of aliphatic carboxylic acids is 1. The number of nitrogens with two attached hydrogens (primary N) is 4. The molecule has 0 unspecified atom stereocenters. The first-order chi connectivity index (χ1) is 23.5. The summed E-state index contributed by atoms with van der Waals surface area (Å²) < 4.78 is 0. The highest BCUT2D eigenvalue weighted by Crippen LogP contribution is 2.13. The molecule has 50 heavy (non-hydrogen) atoms. The van der Waals surface area contributed by atoms with E-state index in [2.05, 4.69) is 31.6 Å². The topological polar surface area (TPSA) is 299 Å². The Hall–Kier alpha value is -4.93. The van der Waals surface area contributed by atoms with Gasteiger partial charge in [0.2, 0.25) is 23.6 Å². The highest BCUT2D eigenvalue weighted by Gasteiger charge is 2.34. The van der Waals surface area contributed by atoms with Gasteiger partial charge in [0.05, 0.1) is 6.04 Å². The molecule has 0 radical (unpaired) electrons. The molecule has 0 spiro atoms. The zero-order valence-corrected chi connectivity index (χ0v) is 29.4. The number of hydrogen-bond donors (Lipinski definition) is 10. The third kappa shape index (κ3) is 16.9. The fraction of sp³-hybridized carbons (Fsp3) is 0.606. The summed E-state index contributed by atoms with van der Waals surface area (Å²) in [5.74, 6) is -4.41. The van der Waals surface area contributed by atoms with Gasteiger partial charge in [0, 0.05) is 19.5 Å². The van der Waals surface area contributed by atoms with E-state index in [9.17, 15) is 33.9 Å². The van der Waals surface area contributed by atoms with Crippen molar-refractivity contribution >= 4 is 41.6 Å². The van der Waals surface area contributed by atoms with Gasteiger partial charge in [0.25, 0.3) is 0 Å². The first-order valence-electron chi connectivity index (χ1n) is 16.9. The summed E-state index contributed by atoms with van der Waals surface area (Å²) in [5, 5.41) is 22.9. The Morgan fingerprint density at radius 3 is 1.94 bits per heavy atom. The summed E-state index contributed by atoms with van der Waals surface area (Å²) in [7, 11) is 0. The van der Waals surface area contributed by atoms with Crippen LogP contribution in [0.4, 0.5) is 4.79 Å². The summed E-state index contributed by atoms with van der Waals surface area (Å²) in [4.78, 5) is 80.6. The van der Waals surface area contributed by atoms with E-state index in [1.807, 2.05) is 20.8 Å². The Kier molecular flexibility index (Phi) is 19.5. The zero-order chi connectivity index (χ0) is 37.8. The van der Waals surface area contributed by atoms with Crippen LogP contribution in [0.2, 0.25) is 0 Å². The van der Waals surface area contributed by atoms with Crippen molar-refractivity contribution in [1.29, 1.82) is 0 Å². The first kappa shape index (κ1) is 43.1. The number of carbonyl (C=O) groups is 6. The molecule has 1 aromatic rings. The number of carboxylic acids is 1. The molecule has 0 saturated carbocycles. The van der Waals surface area contributed by atoms with Crippen LogP contribution in [0.5, 0.6) is 0 Å². The summed E-state index contributed by atoms with van der Waals surface area (Å²) in [6, 6.07) is 2.57. The number of carboxylic acid groups (broad SMARTS) is 1. The van der Waals surface area contributed by atoms with Crippen LogP contribution in [-0.2, 0) is 30.4 Å². The molecule has 280 valence electrons. The van der Waals surface area contributed by atoms with Crippen LogP contribution in [0.3, 0.4) is 0 Å². The van der Waals surface area contributed by atoms with Crippen LogP contribution < -0.4 is 49.5 Å². The minimum Gasteiger partial charge on any atom is -0.480 e. The molecule has 17 heteroatoms. The SMILES string of the molecule is CC[C@H](C)[C@H](NC(=O)[C@H](CC(C)C)NC(=O)[C@H](CCCN=C(N)N)NC(=O)[C@@H](N)CCCNC(N)=O)C(=O)N[C@@H](Cc1ccccc1)C(=O)O. The van der Waals surface area contributed by atoms with Gasteiger partial charge in [0.1, 0.15) is 24.2 Å². The van der Waals surface area contributed by atoms with Gasteiger partial charge in [-0.25, -0.2) is 9.59 Å². The van der Waals surface area contributed by atoms with Crippen LogP contribution >= 0.6 is 0 Å². The van der Waals surface area contributed by atoms with Crippen molar-refractivity contribution in [3.8, 4) is 0 Å². The van der Waals surface area contributed by atoms with E-state index < -0.39 is 65.8 Å². The molecule has 0 aromatic heterocycles. The summed E-state index contributed by atoms with van der Waals surface area (Å²) >= 11 is 0. The lowest BCUT2D eigenvalue weighted by atomic mass is 9.96. The van der Waals surface area contributed by atoms with Crippen molar-refractivity contribution in [1.82, 2.24) is 26.6 Å². The smallest absolute Gasteiger partial charge is 0.326 e. The lowest BCUT2D eigenvalue weighted by molar-refractivity contribution is -0.142. The number of urea groups is 1. The highest BCUT2D eigenvalue weighted by molar-refractivity contribution is 5.95. The first-order valence-corrected chi connectivity index (χ1v) is 16.9. The van der Waals surface area contributed by atoms with Gasteiger partial charge < -0.3 is 54.6 Å². The number of nitrogens with one attached hydrogen (secondary N) is 5. The Balaban J connectivity index is 3.15. The van der Waals surface area contributed by atoms with E-state index in [4.69, 9.17) is 22.9 Å². The third-order valence-corrected chi connectivity index (χ3v) is 7.94. The Morgan fingerprint density at radius 2 is 1.38 bits per heavy atom. The Labute approximate surface area is 293 Å². The Morgan fingerprint density at radius 1 is 0.780 bits per heavy atom. The number of amides is 6. The fourth-order valence-corrected chi connectivity index (χ4v) is 4.96. The van der Waals surface area contributed by atoms with Gasteiger partial charge in [-0.3, -0.25) is 24.2 Å². The molecule has 14 N–H and O–H groups in total. The van der Waals surface area contributed by atoms with E-state index >= 15 is 0 Å². The molecule has 1 rings (SSSR count). The maximum Gasteiger partial charge on any atom is 0.326 e. The Bertz CT molecular complexity index is 1290. The predicted molar refractivity (Wildman–Crippen MR) is 189 cm³/mol. The van der Waals surface area contributed by atoms with Crippen molar-refractivity contribution in [2.45, 2.75) is 103 Å². The third-order valence-electron chi connectivity index (χ3n) is 7.94. The average Bonchev–Trinajstić information content (AvgIpc) is 3.05. The van der Waals surface area contributed by atoms with Crippen molar-refractivity contribution in [3.05, 3.63) is 35.9 Å². The van der Waals surface area contributed by atoms with E-state index in [1.165, 1.54) is 0 Å². The zero-order valence-electron chi connectivity index (χ0n) is 29.4. The van der Waals surface area contributed by atoms with Crippen molar-refractivity contribution in [3.63, 3.8) is 0 Å². The number of nitrogens with zero attached hydrogens (tertiary/aromatic N) is 1. The van der Waals surface area contributed by atoms with Gasteiger partial charge in [-0.15, -0.1) is 0 Å². The average molecular weight is 705 g/mol. The molecule has 0 heterocycles. The quantitative estimate of drug-likeness (QED) is 0.0383. The van der Waals surface area contributed by atoms with Crippen LogP contribution in [0.25, 0.3) is 0 Å². The number of hydrogen-bond acceptors (Lipinski definition) is 8. The lowest BCUT2D eigenvalue weighted by Crippen LogP contribution is -2.60. The lowest BCUT2D eigenvalue weighted by Gasteiger charge is -2.29. The minimum atomic E-state index is -1.24. The molecule has 0 aliphatic heterocycles. The molecule has 0 bridgehead atoms. The van der Waals surface area contributed by atoms with Crippen molar-refractivity contribution in [2.75, 3.05) is 13.1 Å². The number of rotatable bonds is 23. The molecule has 6 atom stereocenters. The van der Waals surface area contributed by atoms with E-state index in [0.29, 0.717) is 24.8 Å². The minimum absolute atomic E-state index is 0.0410. The van der Waals surface area contributed by atoms with Gasteiger partial charge in [-0.2, -0.15) is 0 Å². The van der Waals surface area contributed by atoms with E-state index in [0.717, 1.165) is 0 Å². The number of aliphatic imine (C=N–C) groups is 1. The largest absolute Gasteiger partial charge is 0.480 e. The van der Waals surface area contributed by atoms with Crippen LogP contribution in [0.15, 0.2) is 35.3 Å². The molecule has 1 aromatic carbocycles. The molecular weight excluding hydrogens is 648 g/mol. The van der Waals surface area contributed by atoms with Gasteiger partial charge in [-0.1, -0.05) is 64.4 Å². The van der Waals surface area contributed by atoms with Crippen molar-refractivity contribution < 1.29 is 33.9 Å². The summed E-state index contributed by atoms with van der Waals surface area (Å²) in [6.45, 7) is 7.68. The second kappa shape index (κ2) is 22.7. The maximum atomic E-state index is 13.7.